The Morgan fingerprint density at radius 1 is 1.11 bits per heavy atom. The molecule has 3 N–H and O–H groups in total. The van der Waals surface area contributed by atoms with Crippen LogP contribution in [0.5, 0.6) is 0 Å². The molecule has 0 aliphatic rings. The van der Waals surface area contributed by atoms with Crippen LogP contribution in [0.2, 0.25) is 0 Å². The van der Waals surface area contributed by atoms with Gasteiger partial charge in [-0.1, -0.05) is 0 Å². The number of hydrogen-bond acceptors (Lipinski definition) is 4. The molecule has 110 valence electrons. The number of nitrogens with one attached hydrogen (secondary N) is 1. The Morgan fingerprint density at radius 3 is 2.11 bits per heavy atom. The summed E-state index contributed by atoms with van der Waals surface area (Å²) in [5, 5.41) is 19.7. The quantitative estimate of drug-likeness (QED) is 0.551. The molecule has 0 aliphatic heterocycles. The average molecular weight is 275 g/mol. The van der Waals surface area contributed by atoms with E-state index in [1.165, 1.54) is 4.90 Å². The van der Waals surface area contributed by atoms with Crippen LogP contribution in [-0.4, -0.2) is 78.3 Å². The van der Waals surface area contributed by atoms with Crippen LogP contribution in [0.1, 0.15) is 12.8 Å². The van der Waals surface area contributed by atoms with Gasteiger partial charge in [0.1, 0.15) is 6.04 Å². The monoisotopic (exact) mass is 275 g/mol. The van der Waals surface area contributed by atoms with Crippen molar-refractivity contribution in [3.05, 3.63) is 0 Å². The van der Waals surface area contributed by atoms with E-state index in [2.05, 4.69) is 5.32 Å². The zero-order valence-corrected chi connectivity index (χ0v) is 11.4. The second-order valence-corrected chi connectivity index (χ2v) is 4.50. The van der Waals surface area contributed by atoms with Crippen molar-refractivity contribution in [2.75, 3.05) is 34.2 Å². The van der Waals surface area contributed by atoms with E-state index in [0.29, 0.717) is 13.1 Å². The van der Waals surface area contributed by atoms with Gasteiger partial charge in [0.15, 0.2) is 0 Å². The van der Waals surface area contributed by atoms with Crippen LogP contribution in [0.3, 0.4) is 0 Å². The van der Waals surface area contributed by atoms with E-state index in [0.717, 1.165) is 0 Å². The molecule has 2 amide bonds. The summed E-state index contributed by atoms with van der Waals surface area (Å²) in [7, 11) is 5.27. The summed E-state index contributed by atoms with van der Waals surface area (Å²) in [5.74, 6) is -2.34. The zero-order valence-electron chi connectivity index (χ0n) is 11.4. The Kier molecular flexibility index (Phi) is 7.50. The van der Waals surface area contributed by atoms with Gasteiger partial charge in [0.2, 0.25) is 0 Å². The number of carbonyl (C=O) groups is 3. The van der Waals surface area contributed by atoms with Crippen LogP contribution in [0.4, 0.5) is 4.79 Å². The summed E-state index contributed by atoms with van der Waals surface area (Å²) in [6, 6.07) is -1.72. The third-order valence-corrected chi connectivity index (χ3v) is 2.47. The number of urea groups is 1. The van der Waals surface area contributed by atoms with Crippen LogP contribution >= 0.6 is 0 Å². The molecular formula is C11H21N3O5. The number of carbonyl (C=O) groups excluding carboxylic acids is 1. The van der Waals surface area contributed by atoms with Crippen molar-refractivity contribution in [2.24, 2.45) is 0 Å². The number of hydrogen-bond donors (Lipinski definition) is 3. The highest BCUT2D eigenvalue weighted by Crippen LogP contribution is 1.99. The predicted molar refractivity (Wildman–Crippen MR) is 68.0 cm³/mol. The van der Waals surface area contributed by atoms with Gasteiger partial charge in [-0.05, 0) is 20.5 Å². The fourth-order valence-electron chi connectivity index (χ4n) is 1.24. The predicted octanol–water partition coefficient (Wildman–Crippen LogP) is -0.493. The molecular weight excluding hydrogens is 254 g/mol. The summed E-state index contributed by atoms with van der Waals surface area (Å²) in [6.45, 7) is 1.10. The third-order valence-electron chi connectivity index (χ3n) is 2.47. The maximum atomic E-state index is 11.7. The lowest BCUT2D eigenvalue weighted by Crippen LogP contribution is -2.48. The normalized spacial score (nSPS) is 12.0. The van der Waals surface area contributed by atoms with Crippen LogP contribution in [-0.2, 0) is 9.59 Å². The molecule has 8 heteroatoms. The molecule has 1 atom stereocenters. The molecule has 0 spiro atoms. The van der Waals surface area contributed by atoms with Crippen molar-refractivity contribution in [2.45, 2.75) is 18.9 Å². The highest BCUT2D eigenvalue weighted by Gasteiger charge is 2.22. The molecule has 0 aromatic heterocycles. The molecule has 8 nitrogen and oxygen atoms in total. The number of rotatable bonds is 8. The SMILES string of the molecule is CN(C)CCN(C)C(=O)N[C@@H](CCC(=O)O)C(=O)O. The average Bonchev–Trinajstić information content (AvgIpc) is 2.30. The maximum Gasteiger partial charge on any atom is 0.326 e. The summed E-state index contributed by atoms with van der Waals surface area (Å²) in [5.41, 5.74) is 0. The molecule has 0 fully saturated rings. The summed E-state index contributed by atoms with van der Waals surface area (Å²) >= 11 is 0. The van der Waals surface area contributed by atoms with Gasteiger partial charge in [-0.2, -0.15) is 0 Å². The molecule has 0 saturated heterocycles. The fourth-order valence-corrected chi connectivity index (χ4v) is 1.24. The van der Waals surface area contributed by atoms with Crippen molar-refractivity contribution in [3.63, 3.8) is 0 Å². The molecule has 0 aliphatic carbocycles. The van der Waals surface area contributed by atoms with E-state index in [4.69, 9.17) is 10.2 Å². The van der Waals surface area contributed by atoms with Gasteiger partial charge >= 0.3 is 18.0 Å². The molecule has 0 saturated carbocycles. The van der Waals surface area contributed by atoms with Crippen LogP contribution in [0.25, 0.3) is 0 Å². The first-order valence-electron chi connectivity index (χ1n) is 5.85. The zero-order chi connectivity index (χ0) is 15.0. The van der Waals surface area contributed by atoms with Crippen molar-refractivity contribution in [1.82, 2.24) is 15.1 Å². The Labute approximate surface area is 112 Å². The van der Waals surface area contributed by atoms with E-state index >= 15 is 0 Å². The van der Waals surface area contributed by atoms with Crippen LogP contribution in [0, 0.1) is 0 Å². The standard InChI is InChI=1S/C11H21N3O5/c1-13(2)6-7-14(3)11(19)12-8(10(17)18)4-5-9(15)16/h8H,4-7H2,1-3H3,(H,12,19)(H,15,16)(H,17,18)/t8-/m0/s1. The number of nitrogens with zero attached hydrogens (tertiary/aromatic N) is 2. The third kappa shape index (κ3) is 7.98. The first-order valence-corrected chi connectivity index (χ1v) is 5.85. The van der Waals surface area contributed by atoms with Gasteiger partial charge in [-0.25, -0.2) is 9.59 Å². The number of carboxylic acid groups (broad SMARTS) is 2. The first-order chi connectivity index (χ1) is 8.73. The molecule has 0 aromatic rings. The lowest BCUT2D eigenvalue weighted by Gasteiger charge is -2.22. The van der Waals surface area contributed by atoms with Gasteiger partial charge in [0.05, 0.1) is 0 Å². The van der Waals surface area contributed by atoms with E-state index in [1.54, 1.807) is 7.05 Å². The lowest BCUT2D eigenvalue weighted by atomic mass is 10.1. The number of amides is 2. The highest BCUT2D eigenvalue weighted by molar-refractivity contribution is 5.82. The molecule has 0 unspecified atom stereocenters. The number of aliphatic carboxylic acids is 2. The minimum Gasteiger partial charge on any atom is -0.481 e. The first kappa shape index (κ1) is 17.2. The van der Waals surface area contributed by atoms with Crippen molar-refractivity contribution in [1.29, 1.82) is 0 Å². The molecule has 19 heavy (non-hydrogen) atoms. The summed E-state index contributed by atoms with van der Waals surface area (Å²) in [4.78, 5) is 36.3. The number of carboxylic acids is 2. The molecule has 0 rings (SSSR count). The van der Waals surface area contributed by atoms with E-state index in [1.807, 2.05) is 19.0 Å². The van der Waals surface area contributed by atoms with Gasteiger partial charge in [-0.3, -0.25) is 4.79 Å². The Balaban J connectivity index is 4.29. The van der Waals surface area contributed by atoms with Gasteiger partial charge in [-0.15, -0.1) is 0 Å². The molecule has 0 heterocycles. The maximum absolute atomic E-state index is 11.7. The van der Waals surface area contributed by atoms with E-state index < -0.39 is 24.0 Å². The Morgan fingerprint density at radius 2 is 1.68 bits per heavy atom. The number of likely N-dealkylation sites (N-methyl/N-ethyl adjacent to an activating group) is 2. The van der Waals surface area contributed by atoms with E-state index in [9.17, 15) is 14.4 Å². The smallest absolute Gasteiger partial charge is 0.326 e. The van der Waals surface area contributed by atoms with Gasteiger partial charge in [0.25, 0.3) is 0 Å². The summed E-state index contributed by atoms with van der Waals surface area (Å²) < 4.78 is 0. The molecule has 0 radical (unpaired) electrons. The molecule has 0 aromatic carbocycles. The van der Waals surface area contributed by atoms with Crippen LogP contribution in [0.15, 0.2) is 0 Å². The Bertz CT molecular complexity index is 332. The van der Waals surface area contributed by atoms with Gasteiger partial charge < -0.3 is 25.3 Å². The van der Waals surface area contributed by atoms with Crippen molar-refractivity contribution < 1.29 is 24.6 Å². The van der Waals surface area contributed by atoms with Gasteiger partial charge in [0, 0.05) is 26.6 Å². The van der Waals surface area contributed by atoms with E-state index in [-0.39, 0.29) is 12.8 Å². The topological polar surface area (TPSA) is 110 Å². The second-order valence-electron chi connectivity index (χ2n) is 4.50. The van der Waals surface area contributed by atoms with Crippen molar-refractivity contribution >= 4 is 18.0 Å². The second kappa shape index (κ2) is 8.30. The molecule has 0 bridgehead atoms. The largest absolute Gasteiger partial charge is 0.481 e. The highest BCUT2D eigenvalue weighted by atomic mass is 16.4. The lowest BCUT2D eigenvalue weighted by molar-refractivity contribution is -0.140. The van der Waals surface area contributed by atoms with Crippen molar-refractivity contribution in [3.8, 4) is 0 Å². The van der Waals surface area contributed by atoms with Crippen LogP contribution < -0.4 is 5.32 Å². The fraction of sp³-hybridized carbons (Fsp3) is 0.727. The Hall–Kier alpha value is -1.83. The minimum absolute atomic E-state index is 0.141. The minimum atomic E-state index is -1.24. The summed E-state index contributed by atoms with van der Waals surface area (Å²) in [6.07, 6.45) is -0.448.